The number of nitrogens with one attached hydrogen (secondary N) is 1. The van der Waals surface area contributed by atoms with Gasteiger partial charge in [-0.3, -0.25) is 0 Å². The van der Waals surface area contributed by atoms with Crippen molar-refractivity contribution < 1.29 is 0 Å². The van der Waals surface area contributed by atoms with E-state index in [4.69, 9.17) is 5.84 Å². The van der Waals surface area contributed by atoms with Crippen LogP contribution in [-0.4, -0.2) is 20.0 Å². The van der Waals surface area contributed by atoms with Crippen LogP contribution in [-0.2, 0) is 0 Å². The second kappa shape index (κ2) is 3.90. The molecular weight excluding hydrogens is 204 g/mol. The third-order valence-corrected chi connectivity index (χ3v) is 2.67. The molecule has 0 aliphatic heterocycles. The minimum absolute atomic E-state index is 0.530. The molecule has 0 saturated carbocycles. The molecule has 0 radical (unpaired) electrons. The second-order valence-electron chi connectivity index (χ2n) is 3.63. The summed E-state index contributed by atoms with van der Waals surface area (Å²) in [4.78, 5) is 0. The van der Waals surface area contributed by atoms with Crippen molar-refractivity contribution in [1.82, 2.24) is 20.0 Å². The van der Waals surface area contributed by atoms with E-state index in [2.05, 4.69) is 20.7 Å². The van der Waals surface area contributed by atoms with E-state index in [-0.39, 0.29) is 0 Å². The van der Waals surface area contributed by atoms with Gasteiger partial charge in [-0.25, -0.2) is 10.5 Å². The van der Waals surface area contributed by atoms with Gasteiger partial charge in [-0.1, -0.05) is 0 Å². The van der Waals surface area contributed by atoms with Gasteiger partial charge in [-0.2, -0.15) is 5.10 Å². The maximum absolute atomic E-state index is 5.22. The number of hydrazine groups is 1. The molecule has 0 spiro atoms. The molecule has 0 bridgehead atoms. The number of nitrogens with two attached hydrogens (primary N) is 1. The fourth-order valence-corrected chi connectivity index (χ4v) is 1.46. The first-order valence-electron chi connectivity index (χ1n) is 4.97. The lowest BCUT2D eigenvalue weighted by Gasteiger charge is -2.03. The van der Waals surface area contributed by atoms with E-state index in [0.29, 0.717) is 11.6 Å². The molecule has 2 aromatic heterocycles. The molecule has 6 nitrogen and oxygen atoms in total. The van der Waals surface area contributed by atoms with Crippen molar-refractivity contribution in [2.75, 3.05) is 5.43 Å². The third kappa shape index (κ3) is 1.63. The highest BCUT2D eigenvalue weighted by molar-refractivity contribution is 5.36. The summed E-state index contributed by atoms with van der Waals surface area (Å²) in [5.41, 5.74) is 5.67. The Morgan fingerprint density at radius 3 is 2.38 bits per heavy atom. The van der Waals surface area contributed by atoms with Crippen LogP contribution in [0.2, 0.25) is 0 Å². The summed E-state index contributed by atoms with van der Waals surface area (Å²) in [5, 5.41) is 12.3. The molecule has 6 heteroatoms. The predicted octanol–water partition coefficient (Wildman–Crippen LogP) is 0.873. The van der Waals surface area contributed by atoms with Crippen molar-refractivity contribution in [3.05, 3.63) is 29.1 Å². The molecule has 0 fully saturated rings. The Balaban J connectivity index is 2.46. The Morgan fingerprint density at radius 1 is 1.19 bits per heavy atom. The fraction of sp³-hybridized carbons (Fsp3) is 0.300. The summed E-state index contributed by atoms with van der Waals surface area (Å²) in [6, 6.07) is 3.58. The van der Waals surface area contributed by atoms with Gasteiger partial charge in [0, 0.05) is 5.69 Å². The lowest BCUT2D eigenvalue weighted by atomic mass is 10.2. The van der Waals surface area contributed by atoms with Gasteiger partial charge < -0.3 is 5.43 Å². The van der Waals surface area contributed by atoms with Gasteiger partial charge in [0.05, 0.1) is 5.69 Å². The summed E-state index contributed by atoms with van der Waals surface area (Å²) in [6.07, 6.45) is 0. The Morgan fingerprint density at radius 2 is 1.94 bits per heavy atom. The van der Waals surface area contributed by atoms with Crippen LogP contribution in [0.3, 0.4) is 0 Å². The maximum Gasteiger partial charge on any atom is 0.176 e. The largest absolute Gasteiger partial charge is 0.307 e. The smallest absolute Gasteiger partial charge is 0.176 e. The van der Waals surface area contributed by atoms with Crippen LogP contribution in [0.4, 0.5) is 5.82 Å². The summed E-state index contributed by atoms with van der Waals surface area (Å²) in [7, 11) is 0. The zero-order valence-corrected chi connectivity index (χ0v) is 9.52. The number of hydrogen-bond donors (Lipinski definition) is 2. The van der Waals surface area contributed by atoms with Gasteiger partial charge >= 0.3 is 0 Å². The van der Waals surface area contributed by atoms with Crippen LogP contribution >= 0.6 is 0 Å². The normalized spacial score (nSPS) is 10.5. The maximum atomic E-state index is 5.22. The fourth-order valence-electron chi connectivity index (χ4n) is 1.46. The molecule has 3 N–H and O–H groups in total. The van der Waals surface area contributed by atoms with Crippen molar-refractivity contribution in [2.24, 2.45) is 5.84 Å². The Hall–Kier alpha value is -1.95. The average Bonchev–Trinajstić information content (AvgIpc) is 2.57. The predicted molar refractivity (Wildman–Crippen MR) is 61.2 cm³/mol. The van der Waals surface area contributed by atoms with Crippen molar-refractivity contribution in [1.29, 1.82) is 0 Å². The highest BCUT2D eigenvalue weighted by Crippen LogP contribution is 2.15. The number of aryl methyl sites for hydroxylation is 1. The van der Waals surface area contributed by atoms with Crippen molar-refractivity contribution in [2.45, 2.75) is 20.8 Å². The summed E-state index contributed by atoms with van der Waals surface area (Å²) < 4.78 is 1.78. The molecule has 2 rings (SSSR count). The van der Waals surface area contributed by atoms with Crippen LogP contribution in [0.15, 0.2) is 12.1 Å². The van der Waals surface area contributed by atoms with E-state index in [1.807, 2.05) is 26.8 Å². The highest BCUT2D eigenvalue weighted by atomic mass is 15.4. The van der Waals surface area contributed by atoms with Gasteiger partial charge in [0.2, 0.25) is 0 Å². The number of nitrogen functional groups attached to an aromatic ring is 1. The molecule has 0 saturated heterocycles. The van der Waals surface area contributed by atoms with E-state index in [1.54, 1.807) is 10.7 Å². The standard InChI is InChI=1S/C10H14N6/c1-6-7(2)15-16(8(6)3)10-5-4-9(12-11)13-14-10/h4-5H,11H2,1-3H3,(H,12,13). The van der Waals surface area contributed by atoms with Crippen LogP contribution in [0.1, 0.15) is 17.0 Å². The minimum atomic E-state index is 0.530. The quantitative estimate of drug-likeness (QED) is 0.577. The van der Waals surface area contributed by atoms with Crippen LogP contribution in [0, 0.1) is 20.8 Å². The molecule has 0 aliphatic carbocycles. The molecular formula is C10H14N6. The van der Waals surface area contributed by atoms with Crippen molar-refractivity contribution in [3.63, 3.8) is 0 Å². The monoisotopic (exact) mass is 218 g/mol. The van der Waals surface area contributed by atoms with Crippen LogP contribution in [0.5, 0.6) is 0 Å². The van der Waals surface area contributed by atoms with Gasteiger partial charge in [0.1, 0.15) is 0 Å². The van der Waals surface area contributed by atoms with E-state index in [0.717, 1.165) is 11.4 Å². The van der Waals surface area contributed by atoms with E-state index < -0.39 is 0 Å². The first kappa shape index (κ1) is 10.6. The van der Waals surface area contributed by atoms with Crippen molar-refractivity contribution >= 4 is 5.82 Å². The summed E-state index contributed by atoms with van der Waals surface area (Å²) in [5.74, 6) is 6.44. The van der Waals surface area contributed by atoms with Gasteiger partial charge in [-0.15, -0.1) is 10.2 Å². The lowest BCUT2D eigenvalue weighted by molar-refractivity contribution is 0.782. The number of nitrogens with zero attached hydrogens (tertiary/aromatic N) is 4. The molecule has 2 aromatic rings. The number of anilines is 1. The van der Waals surface area contributed by atoms with Crippen LogP contribution < -0.4 is 11.3 Å². The molecule has 0 atom stereocenters. The Labute approximate surface area is 93.5 Å². The molecule has 0 aliphatic rings. The number of rotatable bonds is 2. The van der Waals surface area contributed by atoms with Crippen molar-refractivity contribution in [3.8, 4) is 5.82 Å². The zero-order valence-electron chi connectivity index (χ0n) is 9.52. The van der Waals surface area contributed by atoms with Crippen LogP contribution in [0.25, 0.3) is 5.82 Å². The Kier molecular flexibility index (Phi) is 2.57. The summed E-state index contributed by atoms with van der Waals surface area (Å²) in [6.45, 7) is 6.02. The van der Waals surface area contributed by atoms with E-state index >= 15 is 0 Å². The minimum Gasteiger partial charge on any atom is -0.307 e. The summed E-state index contributed by atoms with van der Waals surface area (Å²) >= 11 is 0. The zero-order chi connectivity index (χ0) is 11.7. The van der Waals surface area contributed by atoms with E-state index in [9.17, 15) is 0 Å². The first-order chi connectivity index (χ1) is 7.63. The van der Waals surface area contributed by atoms with Gasteiger partial charge in [-0.05, 0) is 38.5 Å². The highest BCUT2D eigenvalue weighted by Gasteiger charge is 2.09. The third-order valence-electron chi connectivity index (χ3n) is 2.67. The molecule has 0 aromatic carbocycles. The topological polar surface area (TPSA) is 81.7 Å². The molecule has 84 valence electrons. The van der Waals surface area contributed by atoms with Gasteiger partial charge in [0.15, 0.2) is 11.6 Å². The molecule has 2 heterocycles. The number of aromatic nitrogens is 4. The Bertz CT molecular complexity index is 499. The van der Waals surface area contributed by atoms with Gasteiger partial charge in [0.25, 0.3) is 0 Å². The first-order valence-corrected chi connectivity index (χ1v) is 4.97. The lowest BCUT2D eigenvalue weighted by Crippen LogP contribution is -2.10. The second-order valence-corrected chi connectivity index (χ2v) is 3.63. The molecule has 16 heavy (non-hydrogen) atoms. The van der Waals surface area contributed by atoms with E-state index in [1.165, 1.54) is 5.56 Å². The number of hydrogen-bond acceptors (Lipinski definition) is 5. The molecule has 0 unspecified atom stereocenters. The average molecular weight is 218 g/mol. The molecule has 0 amide bonds. The SMILES string of the molecule is Cc1nn(-c2ccc(NN)nn2)c(C)c1C.